The molecule has 1 aromatic heterocycles. The molecule has 10 heteroatoms. The summed E-state index contributed by atoms with van der Waals surface area (Å²) in [5, 5.41) is 15.0. The van der Waals surface area contributed by atoms with Crippen LogP contribution in [0.3, 0.4) is 0 Å². The number of thioether (sulfide) groups is 1. The van der Waals surface area contributed by atoms with E-state index >= 15 is 0 Å². The molecule has 0 bridgehead atoms. The zero-order chi connectivity index (χ0) is 24.7. The fraction of sp³-hybridized carbons (Fsp3) is 0.375. The summed E-state index contributed by atoms with van der Waals surface area (Å²) in [6, 6.07) is 9.99. The number of para-hydroxylation sites is 1. The van der Waals surface area contributed by atoms with E-state index in [1.54, 1.807) is 23.6 Å². The molecule has 0 aliphatic rings. The lowest BCUT2D eigenvalue weighted by atomic mass is 10.1. The van der Waals surface area contributed by atoms with Crippen LogP contribution in [-0.2, 0) is 11.3 Å². The normalized spacial score (nSPS) is 10.9. The highest BCUT2D eigenvalue weighted by molar-refractivity contribution is 7.99. The molecule has 0 aliphatic carbocycles. The Morgan fingerprint density at radius 2 is 2.00 bits per heavy atom. The van der Waals surface area contributed by atoms with Gasteiger partial charge in [-0.3, -0.25) is 24.3 Å². The summed E-state index contributed by atoms with van der Waals surface area (Å²) in [6.07, 6.45) is 4.06. The highest BCUT2D eigenvalue weighted by atomic mass is 32.2. The Bertz CT molecular complexity index is 1260. The van der Waals surface area contributed by atoms with Crippen LogP contribution in [0.4, 0.5) is 11.4 Å². The van der Waals surface area contributed by atoms with Crippen LogP contribution in [0, 0.1) is 17.0 Å². The highest BCUT2D eigenvalue weighted by Gasteiger charge is 2.19. The number of nitro groups is 1. The van der Waals surface area contributed by atoms with Crippen LogP contribution in [0.1, 0.15) is 38.2 Å². The number of nitrogens with zero attached hydrogens (tertiary/aromatic N) is 3. The van der Waals surface area contributed by atoms with Crippen molar-refractivity contribution in [1.82, 2.24) is 9.55 Å². The molecule has 0 fully saturated rings. The standard InChI is InChI=1S/C24H28N4O5S/c1-4-5-6-9-12-27-23(30)17-10-7-8-11-18(17)26-24(27)34-15-22(29)25-19-14-21(33-3)20(28(31)32)13-16(19)2/h7-8,10-11,13-14H,4-6,9,12,15H2,1-3H3,(H,25,29). The number of fused-ring (bicyclic) bond motifs is 1. The number of nitro benzene ring substituents is 1. The summed E-state index contributed by atoms with van der Waals surface area (Å²) < 4.78 is 6.74. The van der Waals surface area contributed by atoms with Crippen molar-refractivity contribution in [2.45, 2.75) is 51.2 Å². The average Bonchev–Trinajstić information content (AvgIpc) is 2.82. The van der Waals surface area contributed by atoms with Gasteiger partial charge in [-0.2, -0.15) is 0 Å². The first-order chi connectivity index (χ1) is 16.3. The molecule has 9 nitrogen and oxygen atoms in total. The minimum atomic E-state index is -0.529. The minimum absolute atomic E-state index is 0.0263. The Kier molecular flexibility index (Phi) is 8.64. The van der Waals surface area contributed by atoms with Gasteiger partial charge in [0.15, 0.2) is 10.9 Å². The quantitative estimate of drug-likeness (QED) is 0.135. The first-order valence-corrected chi connectivity index (χ1v) is 12.1. The maximum Gasteiger partial charge on any atom is 0.311 e. The number of anilines is 1. The lowest BCUT2D eigenvalue weighted by Gasteiger charge is -2.14. The van der Waals surface area contributed by atoms with Gasteiger partial charge in [-0.05, 0) is 31.0 Å². The molecule has 3 aromatic rings. The Labute approximate surface area is 201 Å². The van der Waals surface area contributed by atoms with Crippen LogP contribution < -0.4 is 15.6 Å². The fourth-order valence-electron chi connectivity index (χ4n) is 3.58. The molecular weight excluding hydrogens is 456 g/mol. The number of carbonyl (C=O) groups excluding carboxylic acids is 1. The second-order valence-electron chi connectivity index (χ2n) is 7.86. The summed E-state index contributed by atoms with van der Waals surface area (Å²) >= 11 is 1.19. The van der Waals surface area contributed by atoms with E-state index in [4.69, 9.17) is 4.74 Å². The zero-order valence-corrected chi connectivity index (χ0v) is 20.3. The van der Waals surface area contributed by atoms with E-state index in [-0.39, 0.29) is 28.7 Å². The molecular formula is C24H28N4O5S. The smallest absolute Gasteiger partial charge is 0.311 e. The SMILES string of the molecule is CCCCCCn1c(SCC(=O)Nc2cc(OC)c([N+](=O)[O-])cc2C)nc2ccccc2c1=O. The second kappa shape index (κ2) is 11.6. The number of nitrogens with one attached hydrogen (secondary N) is 1. The Balaban J connectivity index is 1.79. The number of benzene rings is 2. The zero-order valence-electron chi connectivity index (χ0n) is 19.5. The van der Waals surface area contributed by atoms with Gasteiger partial charge in [-0.1, -0.05) is 50.1 Å². The van der Waals surface area contributed by atoms with E-state index in [2.05, 4.69) is 17.2 Å². The monoisotopic (exact) mass is 484 g/mol. The third kappa shape index (κ3) is 5.93. The number of unbranched alkanes of at least 4 members (excludes halogenated alkanes) is 3. The van der Waals surface area contributed by atoms with Crippen molar-refractivity contribution >= 4 is 39.9 Å². The van der Waals surface area contributed by atoms with Gasteiger partial charge in [0.25, 0.3) is 5.56 Å². The summed E-state index contributed by atoms with van der Waals surface area (Å²) in [7, 11) is 1.34. The molecule has 34 heavy (non-hydrogen) atoms. The molecule has 1 heterocycles. The van der Waals surface area contributed by atoms with E-state index in [1.807, 2.05) is 12.1 Å². The Hall–Kier alpha value is -3.40. The predicted molar refractivity (Wildman–Crippen MR) is 134 cm³/mol. The van der Waals surface area contributed by atoms with Crippen molar-refractivity contribution < 1.29 is 14.5 Å². The molecule has 0 saturated carbocycles. The van der Waals surface area contributed by atoms with E-state index in [1.165, 1.54) is 31.0 Å². The first kappa shape index (κ1) is 25.2. The average molecular weight is 485 g/mol. The Morgan fingerprint density at radius 1 is 1.24 bits per heavy atom. The van der Waals surface area contributed by atoms with Crippen LogP contribution >= 0.6 is 11.8 Å². The van der Waals surface area contributed by atoms with Crippen molar-refractivity contribution in [1.29, 1.82) is 0 Å². The van der Waals surface area contributed by atoms with Crippen molar-refractivity contribution in [2.75, 3.05) is 18.2 Å². The number of rotatable bonds is 11. The van der Waals surface area contributed by atoms with Crippen molar-refractivity contribution in [3.63, 3.8) is 0 Å². The van der Waals surface area contributed by atoms with Crippen LogP contribution in [-0.4, -0.2) is 33.2 Å². The molecule has 0 saturated heterocycles. The van der Waals surface area contributed by atoms with Gasteiger partial charge in [0.05, 0.1) is 28.7 Å². The highest BCUT2D eigenvalue weighted by Crippen LogP contribution is 2.33. The topological polar surface area (TPSA) is 116 Å². The molecule has 2 aromatic carbocycles. The molecule has 3 rings (SSSR count). The van der Waals surface area contributed by atoms with Gasteiger partial charge in [0, 0.05) is 24.4 Å². The molecule has 1 amide bonds. The van der Waals surface area contributed by atoms with Gasteiger partial charge in [-0.25, -0.2) is 4.98 Å². The minimum Gasteiger partial charge on any atom is -0.490 e. The molecule has 0 atom stereocenters. The summed E-state index contributed by atoms with van der Waals surface area (Å²) in [5.41, 5.74) is 1.29. The van der Waals surface area contributed by atoms with E-state index in [9.17, 15) is 19.7 Å². The van der Waals surface area contributed by atoms with Crippen molar-refractivity contribution in [2.24, 2.45) is 0 Å². The number of carbonyl (C=O) groups is 1. The maximum atomic E-state index is 13.1. The third-order valence-electron chi connectivity index (χ3n) is 5.39. The molecule has 0 spiro atoms. The number of hydrogen-bond donors (Lipinski definition) is 1. The van der Waals surface area contributed by atoms with E-state index in [0.717, 1.165) is 25.7 Å². The number of ether oxygens (including phenoxy) is 1. The number of aryl methyl sites for hydroxylation is 1. The van der Waals surface area contributed by atoms with Gasteiger partial charge in [-0.15, -0.1) is 0 Å². The molecule has 180 valence electrons. The van der Waals surface area contributed by atoms with Crippen molar-refractivity contribution in [3.05, 3.63) is 62.4 Å². The first-order valence-electron chi connectivity index (χ1n) is 11.1. The van der Waals surface area contributed by atoms with Crippen LogP contribution in [0.5, 0.6) is 5.75 Å². The largest absolute Gasteiger partial charge is 0.490 e. The van der Waals surface area contributed by atoms with Crippen molar-refractivity contribution in [3.8, 4) is 5.75 Å². The van der Waals surface area contributed by atoms with Gasteiger partial charge >= 0.3 is 5.69 Å². The van der Waals surface area contributed by atoms with E-state index in [0.29, 0.717) is 33.9 Å². The lowest BCUT2D eigenvalue weighted by molar-refractivity contribution is -0.385. The van der Waals surface area contributed by atoms with Gasteiger partial charge in [0.1, 0.15) is 0 Å². The molecule has 0 aliphatic heterocycles. The lowest BCUT2D eigenvalue weighted by Crippen LogP contribution is -2.24. The maximum absolute atomic E-state index is 13.1. The summed E-state index contributed by atoms with van der Waals surface area (Å²) in [4.78, 5) is 41.1. The Morgan fingerprint density at radius 3 is 2.71 bits per heavy atom. The molecule has 0 radical (unpaired) electrons. The van der Waals surface area contributed by atoms with Crippen LogP contribution in [0.2, 0.25) is 0 Å². The summed E-state index contributed by atoms with van der Waals surface area (Å²) in [5.74, 6) is -0.224. The number of amides is 1. The fourth-order valence-corrected chi connectivity index (χ4v) is 4.41. The predicted octanol–water partition coefficient (Wildman–Crippen LogP) is 4.93. The second-order valence-corrected chi connectivity index (χ2v) is 8.80. The molecule has 0 unspecified atom stereocenters. The number of hydrogen-bond acceptors (Lipinski definition) is 7. The van der Waals surface area contributed by atoms with Crippen LogP contribution in [0.25, 0.3) is 10.9 Å². The number of aromatic nitrogens is 2. The van der Waals surface area contributed by atoms with E-state index < -0.39 is 4.92 Å². The van der Waals surface area contributed by atoms with Crippen LogP contribution in [0.15, 0.2) is 46.3 Å². The summed E-state index contributed by atoms with van der Waals surface area (Å²) in [6.45, 7) is 4.35. The number of methoxy groups -OCH3 is 1. The van der Waals surface area contributed by atoms with Gasteiger partial charge < -0.3 is 10.1 Å². The van der Waals surface area contributed by atoms with Gasteiger partial charge in [0.2, 0.25) is 5.91 Å². The third-order valence-corrected chi connectivity index (χ3v) is 6.37. The molecule has 1 N–H and O–H groups in total.